The zero-order chi connectivity index (χ0) is 10.9. The highest BCUT2D eigenvalue weighted by Crippen LogP contribution is 2.19. The van der Waals surface area contributed by atoms with Gasteiger partial charge in [-0.05, 0) is 0 Å². The summed E-state index contributed by atoms with van der Waals surface area (Å²) in [5.41, 5.74) is 4.89. The summed E-state index contributed by atoms with van der Waals surface area (Å²) in [5.74, 6) is -0.968. The van der Waals surface area contributed by atoms with E-state index >= 15 is 0 Å². The number of nitrogens with one attached hydrogen (secondary N) is 1. The van der Waals surface area contributed by atoms with Gasteiger partial charge >= 0.3 is 5.97 Å². The van der Waals surface area contributed by atoms with E-state index in [0.717, 1.165) is 6.07 Å². The summed E-state index contributed by atoms with van der Waals surface area (Å²) in [6, 6.07) is 1.05. The molecule has 76 valence electrons. The van der Waals surface area contributed by atoms with Crippen LogP contribution in [0.2, 0.25) is 0 Å². The zero-order valence-corrected chi connectivity index (χ0v) is 7.87. The van der Waals surface area contributed by atoms with E-state index in [4.69, 9.17) is 10.8 Å². The number of H-pyrrole nitrogens is 1. The minimum atomic E-state index is -1.16. The Morgan fingerprint density at radius 3 is 2.57 bits per heavy atom. The number of carboxylic acids is 1. The van der Waals surface area contributed by atoms with Gasteiger partial charge in [0.1, 0.15) is 11.4 Å². The Morgan fingerprint density at radius 2 is 2.14 bits per heavy atom. The monoisotopic (exact) mass is 197 g/mol. The number of pyridine rings is 1. The maximum atomic E-state index is 11.0. The number of hydrogen-bond donors (Lipinski definition) is 3. The molecule has 0 unspecified atom stereocenters. The fraction of sp³-hybridized carbons (Fsp3) is 0.250. The number of aromatic amines is 1. The van der Waals surface area contributed by atoms with Gasteiger partial charge in [-0.2, -0.15) is 0 Å². The van der Waals surface area contributed by atoms with Crippen molar-refractivity contribution < 1.29 is 9.90 Å². The molecule has 0 saturated heterocycles. The van der Waals surface area contributed by atoms with Crippen LogP contribution < -0.4 is 16.2 Å². The summed E-state index contributed by atoms with van der Waals surface area (Å²) in [7, 11) is 3.24. The first-order chi connectivity index (χ1) is 6.43. The Labute approximate surface area is 80.0 Å². The summed E-state index contributed by atoms with van der Waals surface area (Å²) >= 11 is 0. The molecule has 6 heteroatoms. The topological polar surface area (TPSA) is 99.4 Å². The minimum Gasteiger partial charge on any atom is -0.477 e. The van der Waals surface area contributed by atoms with Crippen LogP contribution in [-0.2, 0) is 0 Å². The van der Waals surface area contributed by atoms with Gasteiger partial charge in [-0.1, -0.05) is 0 Å². The summed E-state index contributed by atoms with van der Waals surface area (Å²) in [6.07, 6.45) is 0. The van der Waals surface area contributed by atoms with Crippen LogP contribution in [0.4, 0.5) is 11.5 Å². The highest BCUT2D eigenvalue weighted by Gasteiger charge is 2.16. The summed E-state index contributed by atoms with van der Waals surface area (Å²) in [6.45, 7) is 0. The van der Waals surface area contributed by atoms with E-state index < -0.39 is 11.5 Å². The van der Waals surface area contributed by atoms with E-state index in [1.807, 2.05) is 0 Å². The van der Waals surface area contributed by atoms with Gasteiger partial charge in [-0.25, -0.2) is 4.79 Å². The fourth-order valence-corrected chi connectivity index (χ4v) is 1.13. The lowest BCUT2D eigenvalue weighted by Crippen LogP contribution is -2.22. The van der Waals surface area contributed by atoms with Crippen molar-refractivity contribution >= 4 is 17.5 Å². The average Bonchev–Trinajstić information content (AvgIpc) is 2.01. The summed E-state index contributed by atoms with van der Waals surface area (Å²) in [5, 5.41) is 8.86. The molecule has 0 aliphatic rings. The number of carboxylic acid groups (broad SMARTS) is 1. The third-order valence-electron chi connectivity index (χ3n) is 1.71. The van der Waals surface area contributed by atoms with E-state index in [2.05, 4.69) is 4.98 Å². The van der Waals surface area contributed by atoms with Gasteiger partial charge in [0.25, 0.3) is 5.56 Å². The van der Waals surface area contributed by atoms with Gasteiger partial charge in [0.2, 0.25) is 0 Å². The molecule has 0 aliphatic heterocycles. The van der Waals surface area contributed by atoms with Gasteiger partial charge in [-0.15, -0.1) is 0 Å². The first-order valence-corrected chi connectivity index (χ1v) is 3.87. The van der Waals surface area contributed by atoms with Crippen molar-refractivity contribution in [1.82, 2.24) is 4.98 Å². The van der Waals surface area contributed by atoms with E-state index in [9.17, 15) is 9.59 Å². The van der Waals surface area contributed by atoms with E-state index in [1.165, 1.54) is 4.90 Å². The molecule has 1 aromatic heterocycles. The molecule has 1 rings (SSSR count). The number of hydrogen-bond acceptors (Lipinski definition) is 4. The second kappa shape index (κ2) is 3.41. The molecular weight excluding hydrogens is 186 g/mol. The highest BCUT2D eigenvalue weighted by molar-refractivity contribution is 5.98. The third-order valence-corrected chi connectivity index (χ3v) is 1.71. The van der Waals surface area contributed by atoms with Gasteiger partial charge < -0.3 is 20.7 Å². The molecule has 14 heavy (non-hydrogen) atoms. The third kappa shape index (κ3) is 1.68. The fourth-order valence-electron chi connectivity index (χ4n) is 1.13. The van der Waals surface area contributed by atoms with Crippen LogP contribution in [0.25, 0.3) is 0 Å². The Hall–Kier alpha value is -1.98. The van der Waals surface area contributed by atoms with Crippen LogP contribution in [0.15, 0.2) is 10.9 Å². The zero-order valence-electron chi connectivity index (χ0n) is 7.87. The summed E-state index contributed by atoms with van der Waals surface area (Å²) < 4.78 is 0. The lowest BCUT2D eigenvalue weighted by Gasteiger charge is -2.15. The summed E-state index contributed by atoms with van der Waals surface area (Å²) in [4.78, 5) is 25.8. The SMILES string of the molecule is CN(C)c1[nH]c(=O)cc(N)c1C(=O)O. The predicted octanol–water partition coefficient (Wildman–Crippen LogP) is -0.279. The van der Waals surface area contributed by atoms with Crippen LogP contribution in [0, 0.1) is 0 Å². The number of anilines is 2. The quantitative estimate of drug-likeness (QED) is 0.605. The molecule has 1 heterocycles. The standard InChI is InChI=1S/C8H11N3O3/c1-11(2)7-6(8(13)14)4(9)3-5(12)10-7/h3H,1-2H3,(H,13,14)(H3,9,10,12). The molecule has 0 aliphatic carbocycles. The Morgan fingerprint density at radius 1 is 1.57 bits per heavy atom. The van der Waals surface area contributed by atoms with Crippen molar-refractivity contribution in [2.45, 2.75) is 0 Å². The number of nitrogens with zero attached hydrogens (tertiary/aromatic N) is 1. The van der Waals surface area contributed by atoms with Crippen LogP contribution in [0.5, 0.6) is 0 Å². The van der Waals surface area contributed by atoms with Crippen LogP contribution in [-0.4, -0.2) is 30.2 Å². The lowest BCUT2D eigenvalue weighted by atomic mass is 10.2. The molecule has 0 aromatic carbocycles. The van der Waals surface area contributed by atoms with Gasteiger partial charge in [0.15, 0.2) is 0 Å². The second-order valence-electron chi connectivity index (χ2n) is 3.01. The Balaban J connectivity index is 3.52. The number of aromatic carboxylic acids is 1. The van der Waals surface area contributed by atoms with Gasteiger partial charge in [0, 0.05) is 20.2 Å². The smallest absolute Gasteiger partial charge is 0.341 e. The number of nitrogens with two attached hydrogens (primary N) is 1. The average molecular weight is 197 g/mol. The number of carbonyl (C=O) groups is 1. The van der Waals surface area contributed by atoms with Crippen LogP contribution in [0.3, 0.4) is 0 Å². The first-order valence-electron chi connectivity index (χ1n) is 3.87. The number of nitrogen functional groups attached to an aromatic ring is 1. The number of rotatable bonds is 2. The second-order valence-corrected chi connectivity index (χ2v) is 3.01. The molecule has 0 fully saturated rings. The molecular formula is C8H11N3O3. The van der Waals surface area contributed by atoms with Crippen LogP contribution >= 0.6 is 0 Å². The van der Waals surface area contributed by atoms with Crippen molar-refractivity contribution in [1.29, 1.82) is 0 Å². The molecule has 0 bridgehead atoms. The van der Waals surface area contributed by atoms with Gasteiger partial charge in [-0.3, -0.25) is 4.79 Å². The Kier molecular flexibility index (Phi) is 2.46. The maximum absolute atomic E-state index is 11.0. The largest absolute Gasteiger partial charge is 0.477 e. The van der Waals surface area contributed by atoms with E-state index in [-0.39, 0.29) is 17.1 Å². The van der Waals surface area contributed by atoms with Gasteiger partial charge in [0.05, 0.1) is 5.69 Å². The predicted molar refractivity (Wildman–Crippen MR) is 52.8 cm³/mol. The normalized spacial score (nSPS) is 9.86. The molecule has 0 radical (unpaired) electrons. The molecule has 4 N–H and O–H groups in total. The molecule has 0 spiro atoms. The molecule has 6 nitrogen and oxygen atoms in total. The van der Waals surface area contributed by atoms with Crippen molar-refractivity contribution in [3.8, 4) is 0 Å². The van der Waals surface area contributed by atoms with Crippen molar-refractivity contribution in [2.75, 3.05) is 24.7 Å². The van der Waals surface area contributed by atoms with E-state index in [0.29, 0.717) is 0 Å². The highest BCUT2D eigenvalue weighted by atomic mass is 16.4. The van der Waals surface area contributed by atoms with Crippen molar-refractivity contribution in [2.24, 2.45) is 0 Å². The molecule has 0 amide bonds. The minimum absolute atomic E-state index is 0.0371. The van der Waals surface area contributed by atoms with Crippen molar-refractivity contribution in [3.63, 3.8) is 0 Å². The lowest BCUT2D eigenvalue weighted by molar-refractivity contribution is 0.0698. The van der Waals surface area contributed by atoms with E-state index in [1.54, 1.807) is 14.1 Å². The van der Waals surface area contributed by atoms with Crippen molar-refractivity contribution in [3.05, 3.63) is 22.0 Å². The maximum Gasteiger partial charge on any atom is 0.341 e. The molecule has 0 saturated carbocycles. The Bertz CT molecular complexity index is 422. The molecule has 0 atom stereocenters. The van der Waals surface area contributed by atoms with Crippen LogP contribution in [0.1, 0.15) is 10.4 Å². The molecule has 1 aromatic rings. The number of aromatic nitrogens is 1. The first kappa shape index (κ1) is 10.1.